The van der Waals surface area contributed by atoms with Gasteiger partial charge in [-0.15, -0.1) is 11.3 Å². The number of nitrogens with one attached hydrogen (secondary N) is 1. The number of carbonyl (C=O) groups excluding carboxylic acids is 1. The van der Waals surface area contributed by atoms with Crippen LogP contribution in [0, 0.1) is 5.92 Å². The molecule has 0 saturated heterocycles. The lowest BCUT2D eigenvalue weighted by Gasteiger charge is -2.29. The summed E-state index contributed by atoms with van der Waals surface area (Å²) >= 11 is 1.46. The molecule has 2 atom stereocenters. The van der Waals surface area contributed by atoms with Gasteiger partial charge in [0.1, 0.15) is 10.7 Å². The Balaban J connectivity index is 1.74. The summed E-state index contributed by atoms with van der Waals surface area (Å²) in [4.78, 5) is 17.0. The van der Waals surface area contributed by atoms with Gasteiger partial charge in [-0.1, -0.05) is 19.8 Å². The van der Waals surface area contributed by atoms with E-state index in [1.165, 1.54) is 30.6 Å². The predicted octanol–water partition coefficient (Wildman–Crippen LogP) is 4.14. The highest BCUT2D eigenvalue weighted by atomic mass is 32.1. The van der Waals surface area contributed by atoms with Gasteiger partial charge in [-0.2, -0.15) is 0 Å². The van der Waals surface area contributed by atoms with Gasteiger partial charge in [0.25, 0.3) is 5.91 Å². The van der Waals surface area contributed by atoms with E-state index in [4.69, 9.17) is 9.47 Å². The minimum atomic E-state index is -0.0817. The second kappa shape index (κ2) is 7.87. The molecule has 3 rings (SSSR count). The number of benzene rings is 1. The summed E-state index contributed by atoms with van der Waals surface area (Å²) in [5.74, 6) is 1.77. The quantitative estimate of drug-likeness (QED) is 0.871. The van der Waals surface area contributed by atoms with Crippen LogP contribution in [0.3, 0.4) is 0 Å². The molecule has 25 heavy (non-hydrogen) atoms. The average molecular weight is 360 g/mol. The number of ether oxygens (including phenoxy) is 2. The van der Waals surface area contributed by atoms with E-state index in [9.17, 15) is 4.79 Å². The highest BCUT2D eigenvalue weighted by Crippen LogP contribution is 2.33. The molecule has 1 amide bonds. The first kappa shape index (κ1) is 17.7. The van der Waals surface area contributed by atoms with E-state index in [1.54, 1.807) is 14.2 Å². The van der Waals surface area contributed by atoms with Crippen molar-refractivity contribution in [2.75, 3.05) is 14.2 Å². The highest BCUT2D eigenvalue weighted by molar-refractivity contribution is 7.13. The number of amides is 1. The van der Waals surface area contributed by atoms with Crippen LogP contribution in [-0.2, 0) is 0 Å². The molecule has 0 radical (unpaired) electrons. The van der Waals surface area contributed by atoms with Crippen LogP contribution < -0.4 is 14.8 Å². The molecule has 5 nitrogen and oxygen atoms in total. The third-order valence-corrected chi connectivity index (χ3v) is 5.69. The number of hydrogen-bond acceptors (Lipinski definition) is 5. The lowest BCUT2D eigenvalue weighted by Crippen LogP contribution is -2.41. The molecule has 1 aliphatic carbocycles. The highest BCUT2D eigenvalue weighted by Gasteiger charge is 2.24. The lowest BCUT2D eigenvalue weighted by molar-refractivity contribution is 0.0906. The SMILES string of the molecule is COc1ccc(-c2nc(C(=O)N[C@H]3CCCC[C@H]3C)cs2)cc1OC. The number of rotatable bonds is 5. The van der Waals surface area contributed by atoms with Gasteiger partial charge >= 0.3 is 0 Å². The Bertz CT molecular complexity index is 744. The molecule has 0 spiro atoms. The van der Waals surface area contributed by atoms with Crippen LogP contribution in [0.1, 0.15) is 43.1 Å². The molecule has 1 aromatic heterocycles. The number of thiazole rings is 1. The first-order valence-corrected chi connectivity index (χ1v) is 9.49. The molecule has 1 aliphatic rings. The second-order valence-corrected chi connectivity index (χ2v) is 7.31. The Morgan fingerprint density at radius 3 is 2.68 bits per heavy atom. The van der Waals surface area contributed by atoms with Crippen molar-refractivity contribution in [3.8, 4) is 22.1 Å². The fourth-order valence-electron chi connectivity index (χ4n) is 3.25. The van der Waals surface area contributed by atoms with Gasteiger partial charge < -0.3 is 14.8 Å². The zero-order valence-electron chi connectivity index (χ0n) is 14.9. The topological polar surface area (TPSA) is 60.5 Å². The van der Waals surface area contributed by atoms with E-state index in [-0.39, 0.29) is 11.9 Å². The normalized spacial score (nSPS) is 20.1. The molecule has 1 fully saturated rings. The van der Waals surface area contributed by atoms with E-state index in [0.29, 0.717) is 23.1 Å². The number of nitrogens with zero attached hydrogens (tertiary/aromatic N) is 1. The molecule has 1 heterocycles. The van der Waals surface area contributed by atoms with Crippen molar-refractivity contribution in [2.45, 2.75) is 38.6 Å². The van der Waals surface area contributed by atoms with Crippen molar-refractivity contribution < 1.29 is 14.3 Å². The summed E-state index contributed by atoms with van der Waals surface area (Å²) in [5, 5.41) is 5.76. The van der Waals surface area contributed by atoms with E-state index < -0.39 is 0 Å². The maximum Gasteiger partial charge on any atom is 0.271 e. The van der Waals surface area contributed by atoms with Crippen LogP contribution in [0.2, 0.25) is 0 Å². The Morgan fingerprint density at radius 2 is 1.96 bits per heavy atom. The van der Waals surface area contributed by atoms with E-state index in [2.05, 4.69) is 17.2 Å². The fourth-order valence-corrected chi connectivity index (χ4v) is 4.05. The first-order chi connectivity index (χ1) is 12.1. The molecular formula is C19H24N2O3S. The van der Waals surface area contributed by atoms with E-state index in [0.717, 1.165) is 17.0 Å². The molecule has 2 aromatic rings. The second-order valence-electron chi connectivity index (χ2n) is 6.45. The molecule has 1 aromatic carbocycles. The van der Waals surface area contributed by atoms with Gasteiger partial charge in [0, 0.05) is 17.0 Å². The zero-order chi connectivity index (χ0) is 17.8. The summed E-state index contributed by atoms with van der Waals surface area (Å²) in [6.45, 7) is 2.21. The van der Waals surface area contributed by atoms with Crippen LogP contribution in [0.15, 0.2) is 23.6 Å². The standard InChI is InChI=1S/C19H24N2O3S/c1-12-6-4-5-7-14(12)20-18(22)15-11-25-19(21-15)13-8-9-16(23-2)17(10-13)24-3/h8-12,14H,4-7H2,1-3H3,(H,20,22)/t12-,14+/m1/s1. The molecular weight excluding hydrogens is 336 g/mol. The van der Waals surface area contributed by atoms with E-state index in [1.807, 2.05) is 23.6 Å². The number of aromatic nitrogens is 1. The van der Waals surface area contributed by atoms with Gasteiger partial charge in [-0.25, -0.2) is 4.98 Å². The molecule has 1 N–H and O–H groups in total. The molecule has 0 unspecified atom stereocenters. The number of methoxy groups -OCH3 is 2. The fraction of sp³-hybridized carbons (Fsp3) is 0.474. The Labute approximate surface area is 152 Å². The van der Waals surface area contributed by atoms with Crippen LogP contribution in [0.4, 0.5) is 0 Å². The van der Waals surface area contributed by atoms with Crippen LogP contribution >= 0.6 is 11.3 Å². The third-order valence-electron chi connectivity index (χ3n) is 4.80. The number of carbonyl (C=O) groups is 1. The van der Waals surface area contributed by atoms with Crippen molar-refractivity contribution in [2.24, 2.45) is 5.92 Å². The van der Waals surface area contributed by atoms with Crippen molar-refractivity contribution in [3.05, 3.63) is 29.3 Å². The summed E-state index contributed by atoms with van der Waals surface area (Å²) < 4.78 is 10.6. The molecule has 1 saturated carbocycles. The molecule has 0 bridgehead atoms. The Kier molecular flexibility index (Phi) is 5.58. The minimum Gasteiger partial charge on any atom is -0.493 e. The van der Waals surface area contributed by atoms with Crippen molar-refractivity contribution in [3.63, 3.8) is 0 Å². The van der Waals surface area contributed by atoms with Gasteiger partial charge in [-0.3, -0.25) is 4.79 Å². The molecule has 6 heteroatoms. The third kappa shape index (κ3) is 3.95. The first-order valence-electron chi connectivity index (χ1n) is 8.61. The predicted molar refractivity (Wildman–Crippen MR) is 99.5 cm³/mol. The van der Waals surface area contributed by atoms with Crippen molar-refractivity contribution in [1.29, 1.82) is 0 Å². The maximum absolute atomic E-state index is 12.5. The van der Waals surface area contributed by atoms with Gasteiger partial charge in [-0.05, 0) is 37.0 Å². The summed E-state index contributed by atoms with van der Waals surface area (Å²) in [7, 11) is 3.21. The van der Waals surface area contributed by atoms with Crippen LogP contribution in [0.25, 0.3) is 10.6 Å². The minimum absolute atomic E-state index is 0.0817. The average Bonchev–Trinajstić information content (AvgIpc) is 3.13. The lowest BCUT2D eigenvalue weighted by atomic mass is 9.86. The smallest absolute Gasteiger partial charge is 0.271 e. The Hall–Kier alpha value is -2.08. The number of hydrogen-bond donors (Lipinski definition) is 1. The summed E-state index contributed by atoms with van der Waals surface area (Å²) in [6, 6.07) is 5.90. The largest absolute Gasteiger partial charge is 0.493 e. The van der Waals surface area contributed by atoms with E-state index >= 15 is 0 Å². The maximum atomic E-state index is 12.5. The van der Waals surface area contributed by atoms with Gasteiger partial charge in [0.2, 0.25) is 0 Å². The van der Waals surface area contributed by atoms with Gasteiger partial charge in [0.15, 0.2) is 11.5 Å². The summed E-state index contributed by atoms with van der Waals surface area (Å²) in [6.07, 6.45) is 4.68. The van der Waals surface area contributed by atoms with Crippen molar-refractivity contribution in [1.82, 2.24) is 10.3 Å². The Morgan fingerprint density at radius 1 is 1.20 bits per heavy atom. The van der Waals surface area contributed by atoms with Crippen LogP contribution in [0.5, 0.6) is 11.5 Å². The monoisotopic (exact) mass is 360 g/mol. The molecule has 0 aliphatic heterocycles. The van der Waals surface area contributed by atoms with Gasteiger partial charge in [0.05, 0.1) is 14.2 Å². The van der Waals surface area contributed by atoms with Crippen LogP contribution in [-0.4, -0.2) is 31.2 Å². The van der Waals surface area contributed by atoms with Crippen molar-refractivity contribution >= 4 is 17.2 Å². The molecule has 134 valence electrons. The summed E-state index contributed by atoms with van der Waals surface area (Å²) in [5.41, 5.74) is 1.39. The zero-order valence-corrected chi connectivity index (χ0v) is 15.7.